The van der Waals surface area contributed by atoms with E-state index in [0.29, 0.717) is 13.2 Å². The maximum absolute atomic E-state index is 12.9. The van der Waals surface area contributed by atoms with Crippen molar-refractivity contribution in [1.29, 1.82) is 0 Å². The monoisotopic (exact) mass is 422 g/mol. The molecule has 3 unspecified atom stereocenters. The zero-order valence-corrected chi connectivity index (χ0v) is 16.8. The number of hydrogen-bond acceptors (Lipinski definition) is 8. The Morgan fingerprint density at radius 2 is 2.07 bits per heavy atom. The predicted molar refractivity (Wildman–Crippen MR) is 102 cm³/mol. The number of hydrogen-bond donors (Lipinski definition) is 5. The summed E-state index contributed by atoms with van der Waals surface area (Å²) in [5.41, 5.74) is -0.732. The third kappa shape index (κ3) is 4.30. The van der Waals surface area contributed by atoms with Crippen LogP contribution in [0.3, 0.4) is 0 Å². The van der Waals surface area contributed by atoms with Crippen LogP contribution in [0.4, 0.5) is 0 Å². The molecule has 1 amide bonds. The van der Waals surface area contributed by atoms with Gasteiger partial charge in [0.15, 0.2) is 0 Å². The lowest BCUT2D eigenvalue weighted by molar-refractivity contribution is -0.205. The van der Waals surface area contributed by atoms with E-state index >= 15 is 0 Å². The second-order valence-electron chi connectivity index (χ2n) is 7.16. The van der Waals surface area contributed by atoms with Crippen molar-refractivity contribution < 1.29 is 29.6 Å². The summed E-state index contributed by atoms with van der Waals surface area (Å²) in [6.45, 7) is 2.78. The molecule has 27 heavy (non-hydrogen) atoms. The first-order valence-electron chi connectivity index (χ1n) is 9.03. The topological polar surface area (TPSA) is 120 Å². The van der Waals surface area contributed by atoms with Crippen LogP contribution in [-0.4, -0.2) is 94.1 Å². The van der Waals surface area contributed by atoms with Crippen molar-refractivity contribution in [2.24, 2.45) is 5.92 Å². The van der Waals surface area contributed by atoms with Crippen molar-refractivity contribution in [3.8, 4) is 0 Å². The molecular weight excluding hydrogens is 396 g/mol. The molecule has 3 rings (SSSR count). The van der Waals surface area contributed by atoms with Gasteiger partial charge in [-0.3, -0.25) is 4.79 Å². The summed E-state index contributed by atoms with van der Waals surface area (Å²) in [7, 11) is 0. The molecule has 2 fully saturated rings. The first-order chi connectivity index (χ1) is 12.8. The first kappa shape index (κ1) is 21.3. The fourth-order valence-electron chi connectivity index (χ4n) is 3.86. The molecule has 0 saturated carbocycles. The Morgan fingerprint density at radius 1 is 1.33 bits per heavy atom. The van der Waals surface area contributed by atoms with Crippen molar-refractivity contribution >= 4 is 29.3 Å². The number of rotatable bonds is 5. The van der Waals surface area contributed by atoms with E-state index in [2.05, 4.69) is 10.6 Å². The van der Waals surface area contributed by atoms with Crippen LogP contribution in [0.5, 0.6) is 0 Å². The second kappa shape index (κ2) is 8.96. The molecule has 0 spiro atoms. The molecule has 0 bridgehead atoms. The van der Waals surface area contributed by atoms with E-state index in [1.165, 1.54) is 11.8 Å². The molecule has 0 aliphatic carbocycles. The molecule has 0 radical (unpaired) electrons. The van der Waals surface area contributed by atoms with Gasteiger partial charge in [-0.2, -0.15) is 0 Å². The highest BCUT2D eigenvalue weighted by atomic mass is 35.5. The van der Waals surface area contributed by atoms with E-state index < -0.39 is 47.3 Å². The Bertz CT molecular complexity index is 566. The van der Waals surface area contributed by atoms with Gasteiger partial charge >= 0.3 is 0 Å². The molecule has 10 atom stereocenters. The smallest absolute Gasteiger partial charge is 0.240 e. The Labute approximate surface area is 167 Å². The number of ether oxygens (including phenoxy) is 2. The minimum absolute atomic E-state index is 0.135. The van der Waals surface area contributed by atoms with Crippen LogP contribution < -0.4 is 10.6 Å². The lowest BCUT2D eigenvalue weighted by Crippen LogP contribution is -2.65. The Balaban J connectivity index is 1.72. The lowest BCUT2D eigenvalue weighted by atomic mass is 9.92. The summed E-state index contributed by atoms with van der Waals surface area (Å²) in [5.74, 6) is -0.164. The van der Waals surface area contributed by atoms with Crippen LogP contribution in [0, 0.1) is 5.92 Å². The Hall–Kier alpha value is -0.390. The molecule has 0 aromatic carbocycles. The number of alkyl halides is 1. The number of aliphatic hydroxyl groups is 3. The highest BCUT2D eigenvalue weighted by Gasteiger charge is 2.49. The largest absolute Gasteiger partial charge is 0.388 e. The number of amides is 1. The number of fused-ring (bicyclic) bond motifs is 1. The quantitative estimate of drug-likeness (QED) is 0.277. The number of halogens is 1. The number of aliphatic hydroxyl groups excluding tert-OH is 3. The molecule has 3 aliphatic heterocycles. The molecule has 3 aliphatic rings. The van der Waals surface area contributed by atoms with Crippen molar-refractivity contribution in [2.45, 2.75) is 60.3 Å². The van der Waals surface area contributed by atoms with E-state index in [9.17, 15) is 20.1 Å². The molecule has 3 heterocycles. The van der Waals surface area contributed by atoms with E-state index in [0.717, 1.165) is 0 Å². The number of carbonyl (C=O) groups is 1. The zero-order valence-electron chi connectivity index (χ0n) is 15.2. The van der Waals surface area contributed by atoms with Crippen LogP contribution in [0.1, 0.15) is 6.92 Å². The summed E-state index contributed by atoms with van der Waals surface area (Å²) < 4.78 is 11.5. The summed E-state index contributed by atoms with van der Waals surface area (Å²) in [4.78, 5) is 12.9. The highest BCUT2D eigenvalue weighted by Crippen LogP contribution is 2.30. The van der Waals surface area contributed by atoms with Crippen LogP contribution in [-0.2, 0) is 14.3 Å². The van der Waals surface area contributed by atoms with Crippen molar-refractivity contribution in [1.82, 2.24) is 10.6 Å². The average molecular weight is 423 g/mol. The fraction of sp³-hybridized carbons (Fsp3) is 0.824. The van der Waals surface area contributed by atoms with Gasteiger partial charge in [-0.05, 0) is 13.2 Å². The third-order valence-electron chi connectivity index (χ3n) is 5.37. The molecule has 0 aromatic heterocycles. The van der Waals surface area contributed by atoms with Crippen LogP contribution in [0.15, 0.2) is 12.2 Å². The molecule has 2 saturated heterocycles. The summed E-state index contributed by atoms with van der Waals surface area (Å²) >= 11 is 7.50. The van der Waals surface area contributed by atoms with Gasteiger partial charge in [0.1, 0.15) is 35.9 Å². The van der Waals surface area contributed by atoms with Gasteiger partial charge in [-0.15, -0.1) is 23.4 Å². The van der Waals surface area contributed by atoms with Gasteiger partial charge in [0.05, 0.1) is 24.1 Å². The minimum atomic E-state index is -1.39. The number of carbonyl (C=O) groups excluding carboxylic acids is 1. The first-order valence-corrected chi connectivity index (χ1v) is 10.8. The van der Waals surface area contributed by atoms with Gasteiger partial charge < -0.3 is 35.4 Å². The summed E-state index contributed by atoms with van der Waals surface area (Å²) in [5, 5.41) is 36.0. The van der Waals surface area contributed by atoms with Gasteiger partial charge in [0, 0.05) is 12.5 Å². The lowest BCUT2D eigenvalue weighted by Gasteiger charge is -2.44. The van der Waals surface area contributed by atoms with Gasteiger partial charge in [0.25, 0.3) is 0 Å². The van der Waals surface area contributed by atoms with Crippen LogP contribution in [0.2, 0.25) is 0 Å². The van der Waals surface area contributed by atoms with Gasteiger partial charge in [-0.25, -0.2) is 0 Å². The van der Waals surface area contributed by atoms with Gasteiger partial charge in [0.2, 0.25) is 5.91 Å². The summed E-state index contributed by atoms with van der Waals surface area (Å²) in [6.07, 6.45) is 0.493. The van der Waals surface area contributed by atoms with Crippen molar-refractivity contribution in [2.75, 3.05) is 19.4 Å². The molecule has 10 heteroatoms. The SMILES string of the molecule is CSC1O[C@H]([C@H](NC(=O)[C@H]2NC[C@@H]3C=CCO[C@@H]23)[C@H](C)Cl)C(O)C(O)[C@H]1O. The second-order valence-corrected chi connectivity index (χ2v) is 8.79. The van der Waals surface area contributed by atoms with E-state index in [4.69, 9.17) is 21.1 Å². The normalized spacial score (nSPS) is 43.8. The molecular formula is C17H27ClN2O6S. The standard InChI is InChI=1S/C17H27ClN2O6S/c1-7(18)9(15-12(22)11(21)13(23)17(26-15)27-2)20-16(24)10-14-8(6-19-10)4-3-5-25-14/h3-4,7-15,17,19,21-23H,5-6H2,1-2H3,(H,20,24)/t7-,8-,9+,10-,11?,12?,13+,14+,15+,17?/m0/s1. The predicted octanol–water partition coefficient (Wildman–Crippen LogP) is -1.19. The summed E-state index contributed by atoms with van der Waals surface area (Å²) in [6, 6.07) is -1.29. The fourth-order valence-corrected chi connectivity index (χ4v) is 4.74. The number of thioether (sulfide) groups is 1. The van der Waals surface area contributed by atoms with E-state index in [1.807, 2.05) is 12.2 Å². The van der Waals surface area contributed by atoms with Crippen LogP contribution >= 0.6 is 23.4 Å². The number of nitrogens with one attached hydrogen (secondary N) is 2. The molecule has 5 N–H and O–H groups in total. The van der Waals surface area contributed by atoms with Crippen LogP contribution in [0.25, 0.3) is 0 Å². The molecule has 0 aromatic rings. The van der Waals surface area contributed by atoms with E-state index in [1.54, 1.807) is 13.2 Å². The van der Waals surface area contributed by atoms with Gasteiger partial charge in [-0.1, -0.05) is 12.2 Å². The average Bonchev–Trinajstić information content (AvgIpc) is 3.09. The van der Waals surface area contributed by atoms with E-state index in [-0.39, 0.29) is 17.9 Å². The molecule has 154 valence electrons. The highest BCUT2D eigenvalue weighted by molar-refractivity contribution is 7.99. The Morgan fingerprint density at radius 3 is 2.74 bits per heavy atom. The Kier molecular flexibility index (Phi) is 7.07. The zero-order chi connectivity index (χ0) is 19.7. The van der Waals surface area contributed by atoms with Crippen molar-refractivity contribution in [3.63, 3.8) is 0 Å². The third-order valence-corrected chi connectivity index (χ3v) is 6.50. The minimum Gasteiger partial charge on any atom is -0.388 e. The maximum atomic E-state index is 12.9. The molecule has 8 nitrogen and oxygen atoms in total. The maximum Gasteiger partial charge on any atom is 0.240 e. The van der Waals surface area contributed by atoms with Crippen molar-refractivity contribution in [3.05, 3.63) is 12.2 Å².